The predicted octanol–water partition coefficient (Wildman–Crippen LogP) is 5.25. The van der Waals surface area contributed by atoms with Crippen molar-refractivity contribution in [3.05, 3.63) is 82.9 Å². The Hall–Kier alpha value is -1.28. The maximum absolute atomic E-state index is 10.7. The molecule has 2 aliphatic carbocycles. The van der Waals surface area contributed by atoms with Crippen molar-refractivity contribution in [2.24, 2.45) is 0 Å². The summed E-state index contributed by atoms with van der Waals surface area (Å²) in [6.07, 6.45) is 9.69. The molecule has 2 atom stereocenters. The van der Waals surface area contributed by atoms with E-state index >= 15 is 0 Å². The molecule has 0 radical (unpaired) electrons. The monoisotopic (exact) mass is 530 g/mol. The molecule has 2 unspecified atom stereocenters. The first-order valence-electron chi connectivity index (χ1n) is 9.36. The molecule has 2 aromatic carbocycles. The second-order valence-corrected chi connectivity index (χ2v) is 40.9. The van der Waals surface area contributed by atoms with Gasteiger partial charge in [0.05, 0.1) is 0 Å². The molecule has 2 aromatic rings. The summed E-state index contributed by atoms with van der Waals surface area (Å²) in [5, 5.41) is 0. The Balaban J connectivity index is 0.000000275. The number of fused-ring (bicyclic) bond motifs is 2. The number of alkyl halides is 3. The van der Waals surface area contributed by atoms with Crippen LogP contribution < -0.4 is 0 Å². The molecule has 0 amide bonds. The summed E-state index contributed by atoms with van der Waals surface area (Å²) in [7, 11) is -5.84. The summed E-state index contributed by atoms with van der Waals surface area (Å²) in [6.45, 7) is 2.37. The Morgan fingerprint density at radius 2 is 1.20 bits per heavy atom. The van der Waals surface area contributed by atoms with Gasteiger partial charge in [-0.15, -0.1) is 0 Å². The molecule has 0 heterocycles. The van der Waals surface area contributed by atoms with Crippen LogP contribution in [0.1, 0.15) is 29.5 Å². The van der Waals surface area contributed by atoms with Gasteiger partial charge in [-0.05, 0) is 0 Å². The quantitative estimate of drug-likeness (QED) is 0.327. The molecule has 1 N–H and O–H groups in total. The number of allylic oxidation sites excluding steroid dienone is 2. The third-order valence-electron chi connectivity index (χ3n) is 5.93. The van der Waals surface area contributed by atoms with E-state index in [0.29, 0.717) is 7.25 Å². The molecular weight excluding hydrogens is 509 g/mol. The molecule has 2 aliphatic rings. The molecule has 9 heteroatoms. The average molecular weight is 532 g/mol. The van der Waals surface area contributed by atoms with Crippen molar-refractivity contribution in [1.29, 1.82) is 0 Å². The van der Waals surface area contributed by atoms with Gasteiger partial charge in [0, 0.05) is 0 Å². The number of hydrogen-bond acceptors (Lipinski definition) is 2. The van der Waals surface area contributed by atoms with Crippen LogP contribution in [0.2, 0.25) is 9.26 Å². The van der Waals surface area contributed by atoms with Gasteiger partial charge in [0.15, 0.2) is 0 Å². The van der Waals surface area contributed by atoms with E-state index in [0.717, 1.165) is 0 Å². The summed E-state index contributed by atoms with van der Waals surface area (Å²) in [6, 6.07) is 17.9. The Morgan fingerprint density at radius 3 is 1.53 bits per heavy atom. The second kappa shape index (κ2) is 7.69. The zero-order chi connectivity index (χ0) is 22.4. The van der Waals surface area contributed by atoms with Gasteiger partial charge < -0.3 is 0 Å². The van der Waals surface area contributed by atoms with E-state index < -0.39 is 33.0 Å². The number of hydrogen-bond donors (Lipinski definition) is 1. The molecule has 0 spiro atoms. The molecule has 30 heavy (non-hydrogen) atoms. The van der Waals surface area contributed by atoms with Crippen LogP contribution in [-0.4, -0.2) is 25.4 Å². The molecule has 0 aromatic heterocycles. The van der Waals surface area contributed by atoms with Crippen molar-refractivity contribution in [1.82, 2.24) is 0 Å². The minimum absolute atomic E-state index is 0.650. The normalized spacial score (nSPS) is 20.4. The molecule has 0 aliphatic heterocycles. The predicted molar refractivity (Wildman–Crippen MR) is 114 cm³/mol. The third-order valence-corrected chi connectivity index (χ3v) is 24.2. The fraction of sp³-hybridized carbons (Fsp3) is 0.238. The molecule has 0 fully saturated rings. The van der Waals surface area contributed by atoms with Gasteiger partial charge in [0.2, 0.25) is 0 Å². The molecule has 0 bridgehead atoms. The zero-order valence-corrected chi connectivity index (χ0v) is 21.3. The van der Waals surface area contributed by atoms with Crippen molar-refractivity contribution in [2.75, 3.05) is 0 Å². The van der Waals surface area contributed by atoms with Gasteiger partial charge in [-0.1, -0.05) is 0 Å². The third kappa shape index (κ3) is 4.35. The van der Waals surface area contributed by atoms with Crippen LogP contribution in [0.4, 0.5) is 13.2 Å². The Morgan fingerprint density at radius 1 is 0.867 bits per heavy atom. The van der Waals surface area contributed by atoms with Gasteiger partial charge in [0.25, 0.3) is 0 Å². The minimum atomic E-state index is -5.84. The van der Waals surface area contributed by atoms with Gasteiger partial charge in [-0.25, -0.2) is 0 Å². The Bertz CT molecular complexity index is 1140. The van der Waals surface area contributed by atoms with Crippen LogP contribution in [0.3, 0.4) is 0 Å². The summed E-state index contributed by atoms with van der Waals surface area (Å²) < 4.78 is 64.1. The van der Waals surface area contributed by atoms with Crippen LogP contribution >= 0.6 is 0 Å². The first-order chi connectivity index (χ1) is 13.7. The second-order valence-electron chi connectivity index (χ2n) is 8.79. The molecule has 0 saturated heterocycles. The average Bonchev–Trinajstić information content (AvgIpc) is 3.25. The first-order valence-corrected chi connectivity index (χ1v) is 24.5. The molecule has 160 valence electrons. The summed E-state index contributed by atoms with van der Waals surface area (Å²) in [4.78, 5) is 0. The molecule has 3 nitrogen and oxygen atoms in total. The van der Waals surface area contributed by atoms with Gasteiger partial charge in [-0.2, -0.15) is 21.6 Å². The van der Waals surface area contributed by atoms with E-state index in [1.165, 1.54) is 11.1 Å². The van der Waals surface area contributed by atoms with E-state index in [-0.39, 0.29) is 0 Å². The van der Waals surface area contributed by atoms with E-state index in [4.69, 9.17) is 13.0 Å². The molecule has 4 rings (SSSR count). The van der Waals surface area contributed by atoms with Crippen molar-refractivity contribution < 1.29 is 43.5 Å². The Labute approximate surface area is 176 Å². The van der Waals surface area contributed by atoms with E-state index in [1.807, 2.05) is 0 Å². The number of benzene rings is 2. The molecular formula is C21H23F3O3SSiZr. The number of rotatable bonds is 2. The van der Waals surface area contributed by atoms with Crippen molar-refractivity contribution in [3.63, 3.8) is 0 Å². The SMILES string of the molecule is O=S(=O)(O)C(F)(F)F.[CH3][Zr]([CH3])(=[SiH2])([CH]1C=Cc2ccccc21)[CH]1C=Cc2ccccc21. The number of halogens is 3. The molecule has 0 saturated carbocycles. The van der Waals surface area contributed by atoms with Crippen LogP contribution in [0.25, 0.3) is 12.2 Å². The topological polar surface area (TPSA) is 54.4 Å². The van der Waals surface area contributed by atoms with Crippen LogP contribution in [-0.2, 0) is 27.5 Å². The fourth-order valence-corrected chi connectivity index (χ4v) is 19.4. The van der Waals surface area contributed by atoms with E-state index in [2.05, 4.69) is 89.0 Å². The maximum atomic E-state index is 10.7. The van der Waals surface area contributed by atoms with Crippen molar-refractivity contribution >= 4 is 29.1 Å². The summed E-state index contributed by atoms with van der Waals surface area (Å²) >= 11 is -3.02. The van der Waals surface area contributed by atoms with Crippen LogP contribution in [0.15, 0.2) is 60.7 Å². The van der Waals surface area contributed by atoms with Crippen molar-refractivity contribution in [2.45, 2.75) is 22.0 Å². The van der Waals surface area contributed by atoms with Crippen molar-refractivity contribution in [3.8, 4) is 0 Å². The van der Waals surface area contributed by atoms with E-state index in [9.17, 15) is 13.2 Å². The Kier molecular flexibility index (Phi) is 6.00. The summed E-state index contributed by atoms with van der Waals surface area (Å²) in [5.74, 6) is 0. The van der Waals surface area contributed by atoms with E-state index in [1.54, 1.807) is 11.1 Å². The van der Waals surface area contributed by atoms with Crippen LogP contribution in [0, 0.1) is 0 Å². The first kappa shape index (κ1) is 23.4. The fourth-order valence-electron chi connectivity index (χ4n) is 4.35. The van der Waals surface area contributed by atoms with Gasteiger partial charge in [0.1, 0.15) is 0 Å². The summed E-state index contributed by atoms with van der Waals surface area (Å²) in [5.41, 5.74) is 0.446. The zero-order valence-electron chi connectivity index (χ0n) is 16.6. The van der Waals surface area contributed by atoms with Crippen LogP contribution in [0.5, 0.6) is 0 Å². The van der Waals surface area contributed by atoms with Gasteiger partial charge >= 0.3 is 152 Å². The van der Waals surface area contributed by atoms with Gasteiger partial charge in [-0.3, -0.25) is 4.55 Å². The standard InChI is InChI=1S/2C9H7.CHF3O3S.2CH3.H2Si.Zr/c2*1-2-5-9-7-3-6-8(9)4-1;2-1(3,4)8(5,6)7;;;;/h2*1-7H;(H,5,6,7);2*1H3;1H2;.